The third-order valence-corrected chi connectivity index (χ3v) is 7.35. The van der Waals surface area contributed by atoms with E-state index in [4.69, 9.17) is 0 Å². The summed E-state index contributed by atoms with van der Waals surface area (Å²) >= 11 is 0. The van der Waals surface area contributed by atoms with E-state index in [2.05, 4.69) is 10.5 Å². The molecule has 4 rings (SSSR count). The standard InChI is InChI=1S/C25H24F3N5O3S/c1-4-24(34,25(26,27)28)23-15-33(31-32(23)2)14-16-8-9-20-21(12-18(13-29)30-22(20)10-16)17-6-5-7-19(11-17)37(3,35)36/h5-12,15,31,34H,4,14H2,1-3H3. The Labute approximate surface area is 212 Å². The van der Waals surface area contributed by atoms with E-state index in [0.717, 1.165) is 11.3 Å². The van der Waals surface area contributed by atoms with Gasteiger partial charge >= 0.3 is 6.18 Å². The minimum Gasteiger partial charge on any atom is -0.375 e. The number of sulfone groups is 1. The van der Waals surface area contributed by atoms with Crippen LogP contribution in [-0.2, 0) is 16.4 Å². The monoisotopic (exact) mass is 531 g/mol. The summed E-state index contributed by atoms with van der Waals surface area (Å²) < 4.78 is 64.8. The van der Waals surface area contributed by atoms with Crippen LogP contribution in [0.2, 0.25) is 0 Å². The van der Waals surface area contributed by atoms with Gasteiger partial charge in [0.15, 0.2) is 9.84 Å². The highest BCUT2D eigenvalue weighted by Gasteiger charge is 2.57. The van der Waals surface area contributed by atoms with Gasteiger partial charge in [-0.2, -0.15) is 18.4 Å². The quantitative estimate of drug-likeness (QED) is 0.493. The molecule has 0 aliphatic carbocycles. The van der Waals surface area contributed by atoms with Crippen molar-refractivity contribution in [2.75, 3.05) is 13.3 Å². The van der Waals surface area contributed by atoms with Crippen molar-refractivity contribution >= 4 is 20.7 Å². The number of hydrogen-bond donors (Lipinski definition) is 2. The molecule has 0 fully saturated rings. The Kier molecular flexibility index (Phi) is 6.66. The van der Waals surface area contributed by atoms with Crippen LogP contribution < -0.4 is 5.53 Å². The lowest BCUT2D eigenvalue weighted by atomic mass is 9.96. The number of hydrogen-bond acceptors (Lipinski definition) is 8. The molecule has 0 saturated carbocycles. The van der Waals surface area contributed by atoms with E-state index in [1.54, 1.807) is 36.4 Å². The number of pyridine rings is 1. The summed E-state index contributed by atoms with van der Waals surface area (Å²) in [5.41, 5.74) is 1.93. The zero-order chi connectivity index (χ0) is 27.2. The third kappa shape index (κ3) is 4.98. The van der Waals surface area contributed by atoms with Gasteiger partial charge in [0.25, 0.3) is 0 Å². The van der Waals surface area contributed by atoms with Crippen LogP contribution in [0.4, 0.5) is 13.2 Å². The smallest absolute Gasteiger partial charge is 0.375 e. The number of aromatic nitrogens is 1. The van der Waals surface area contributed by atoms with Crippen LogP contribution in [0.1, 0.15) is 24.6 Å². The summed E-state index contributed by atoms with van der Waals surface area (Å²) in [5, 5.41) is 23.1. The molecule has 0 radical (unpaired) electrons. The predicted octanol–water partition coefficient (Wildman–Crippen LogP) is 3.89. The van der Waals surface area contributed by atoms with Crippen LogP contribution >= 0.6 is 0 Å². The number of likely N-dealkylation sites (N-methyl/N-ethyl adjacent to an activating group) is 1. The van der Waals surface area contributed by atoms with Crippen LogP contribution in [0, 0.1) is 11.3 Å². The maximum atomic E-state index is 13.6. The minimum absolute atomic E-state index is 0.129. The summed E-state index contributed by atoms with van der Waals surface area (Å²) in [7, 11) is -2.06. The summed E-state index contributed by atoms with van der Waals surface area (Å²) in [6, 6.07) is 15.2. The van der Waals surface area contributed by atoms with Crippen molar-refractivity contribution in [1.82, 2.24) is 20.5 Å². The van der Waals surface area contributed by atoms with Gasteiger partial charge in [0, 0.05) is 24.9 Å². The molecular formula is C25H24F3N5O3S. The largest absolute Gasteiger partial charge is 0.422 e. The number of alkyl halides is 3. The summed E-state index contributed by atoms with van der Waals surface area (Å²) in [6.07, 6.45) is -3.08. The molecule has 0 bridgehead atoms. The Bertz CT molecular complexity index is 1550. The highest BCUT2D eigenvalue weighted by Crippen LogP contribution is 2.41. The first-order valence-electron chi connectivity index (χ1n) is 11.2. The summed E-state index contributed by atoms with van der Waals surface area (Å²) in [5.74, 6) is 0. The molecule has 2 heterocycles. The number of fused-ring (bicyclic) bond motifs is 1. The Morgan fingerprint density at radius 3 is 2.51 bits per heavy atom. The molecular weight excluding hydrogens is 507 g/mol. The molecule has 1 aromatic heterocycles. The number of nitriles is 1. The molecule has 37 heavy (non-hydrogen) atoms. The zero-order valence-corrected chi connectivity index (χ0v) is 21.0. The van der Waals surface area contributed by atoms with Gasteiger partial charge in [-0.15, -0.1) is 5.53 Å². The maximum Gasteiger partial charge on any atom is 0.422 e. The Morgan fingerprint density at radius 2 is 1.89 bits per heavy atom. The van der Waals surface area contributed by atoms with Gasteiger partial charge in [0.1, 0.15) is 11.8 Å². The highest BCUT2D eigenvalue weighted by atomic mass is 32.2. The van der Waals surface area contributed by atoms with Gasteiger partial charge in [0.05, 0.1) is 22.7 Å². The Balaban J connectivity index is 1.72. The summed E-state index contributed by atoms with van der Waals surface area (Å²) in [6.45, 7) is 1.40. The third-order valence-electron chi connectivity index (χ3n) is 6.24. The molecule has 1 aliphatic rings. The zero-order valence-electron chi connectivity index (χ0n) is 20.2. The molecule has 1 atom stereocenters. The van der Waals surface area contributed by atoms with E-state index >= 15 is 0 Å². The van der Waals surface area contributed by atoms with Gasteiger partial charge < -0.3 is 5.11 Å². The van der Waals surface area contributed by atoms with E-state index in [-0.39, 0.29) is 22.8 Å². The van der Waals surface area contributed by atoms with Gasteiger partial charge in [-0.3, -0.25) is 10.0 Å². The molecule has 194 valence electrons. The van der Waals surface area contributed by atoms with Crippen molar-refractivity contribution in [3.63, 3.8) is 0 Å². The van der Waals surface area contributed by atoms with Crippen molar-refractivity contribution in [2.45, 2.75) is 36.6 Å². The fraction of sp³-hybridized carbons (Fsp3) is 0.280. The fourth-order valence-electron chi connectivity index (χ4n) is 4.26. The number of benzene rings is 2. The van der Waals surface area contributed by atoms with E-state index in [9.17, 15) is 32.0 Å². The molecule has 2 aromatic carbocycles. The van der Waals surface area contributed by atoms with Crippen LogP contribution in [0.25, 0.3) is 22.0 Å². The molecule has 12 heteroatoms. The topological polar surface area (TPSA) is 110 Å². The van der Waals surface area contributed by atoms with Crippen LogP contribution in [0.15, 0.2) is 65.3 Å². The van der Waals surface area contributed by atoms with Crippen LogP contribution in [-0.4, -0.2) is 53.6 Å². The normalized spacial score (nSPS) is 16.0. The number of rotatable bonds is 6. The highest BCUT2D eigenvalue weighted by molar-refractivity contribution is 7.90. The van der Waals surface area contributed by atoms with Gasteiger partial charge in [-0.25, -0.2) is 13.4 Å². The number of nitrogens with one attached hydrogen (secondary N) is 1. The lowest BCUT2D eigenvalue weighted by molar-refractivity contribution is -0.251. The van der Waals surface area contributed by atoms with Crippen molar-refractivity contribution in [3.05, 3.63) is 71.7 Å². The van der Waals surface area contributed by atoms with Gasteiger partial charge in [-0.1, -0.05) is 31.2 Å². The van der Waals surface area contributed by atoms with E-state index in [1.165, 1.54) is 37.3 Å². The van der Waals surface area contributed by atoms with Crippen molar-refractivity contribution < 1.29 is 26.7 Å². The molecule has 3 aromatic rings. The first-order chi connectivity index (χ1) is 17.3. The Morgan fingerprint density at radius 1 is 1.16 bits per heavy atom. The predicted molar refractivity (Wildman–Crippen MR) is 131 cm³/mol. The molecule has 1 unspecified atom stereocenters. The summed E-state index contributed by atoms with van der Waals surface area (Å²) in [4.78, 5) is 4.51. The Hall–Kier alpha value is -3.66. The first kappa shape index (κ1) is 26.4. The maximum absolute atomic E-state index is 13.6. The van der Waals surface area contributed by atoms with E-state index in [0.29, 0.717) is 27.6 Å². The molecule has 8 nitrogen and oxygen atoms in total. The van der Waals surface area contributed by atoms with Gasteiger partial charge in [0.2, 0.25) is 5.60 Å². The first-order valence-corrected chi connectivity index (χ1v) is 13.1. The molecule has 2 N–H and O–H groups in total. The van der Waals surface area contributed by atoms with E-state index in [1.807, 2.05) is 6.07 Å². The SMILES string of the molecule is CCC(O)(C1=CN(Cc2ccc3c(-c4cccc(S(C)(=O)=O)c4)cc(C#N)nc3c2)NN1C)C(F)(F)F. The average molecular weight is 532 g/mol. The van der Waals surface area contributed by atoms with Gasteiger partial charge in [-0.05, 0) is 47.4 Å². The number of hydrazine groups is 2. The van der Waals surface area contributed by atoms with E-state index < -0.39 is 28.0 Å². The van der Waals surface area contributed by atoms with Crippen molar-refractivity contribution in [2.24, 2.45) is 0 Å². The molecule has 0 amide bonds. The number of halogens is 3. The van der Waals surface area contributed by atoms with Crippen molar-refractivity contribution in [1.29, 1.82) is 5.26 Å². The second-order valence-corrected chi connectivity index (χ2v) is 10.8. The second kappa shape index (κ2) is 9.33. The lowest BCUT2D eigenvalue weighted by Crippen LogP contribution is -2.51. The molecule has 0 spiro atoms. The number of aliphatic hydroxyl groups is 1. The van der Waals surface area contributed by atoms with Crippen molar-refractivity contribution in [3.8, 4) is 17.2 Å². The van der Waals surface area contributed by atoms with Crippen LogP contribution in [0.3, 0.4) is 0 Å². The fourth-order valence-corrected chi connectivity index (χ4v) is 4.93. The second-order valence-electron chi connectivity index (χ2n) is 8.83. The minimum atomic E-state index is -4.86. The number of nitrogens with zero attached hydrogens (tertiary/aromatic N) is 4. The average Bonchev–Trinajstić information content (AvgIpc) is 3.21. The molecule has 0 saturated heterocycles. The molecule has 1 aliphatic heterocycles. The van der Waals surface area contributed by atoms with Crippen LogP contribution in [0.5, 0.6) is 0 Å². The lowest BCUT2D eigenvalue weighted by Gasteiger charge is -2.33.